The van der Waals surface area contributed by atoms with Crippen LogP contribution in [0.4, 0.5) is 0 Å². The molecule has 0 aromatic heterocycles. The molecule has 1 aliphatic rings. The van der Waals surface area contributed by atoms with E-state index in [0.717, 1.165) is 44.7 Å². The Kier molecular flexibility index (Phi) is 4.25. The molecule has 100 valence electrons. The molecule has 3 heteroatoms. The summed E-state index contributed by atoms with van der Waals surface area (Å²) in [6.07, 6.45) is 3.22. The predicted octanol–water partition coefficient (Wildman–Crippen LogP) is 2.23. The minimum absolute atomic E-state index is 0.0490. The van der Waals surface area contributed by atoms with Crippen molar-refractivity contribution < 1.29 is 4.74 Å². The summed E-state index contributed by atoms with van der Waals surface area (Å²) in [5.41, 5.74) is 8.58. The quantitative estimate of drug-likeness (QED) is 0.759. The minimum Gasteiger partial charge on any atom is -0.493 e. The van der Waals surface area contributed by atoms with Gasteiger partial charge >= 0.3 is 0 Å². The lowest BCUT2D eigenvalue weighted by atomic mass is 10.0. The molecule has 0 spiro atoms. The Hall–Kier alpha value is -1.06. The first-order chi connectivity index (χ1) is 8.54. The number of rotatable bonds is 6. The summed E-state index contributed by atoms with van der Waals surface area (Å²) in [5, 5.41) is 3.47. The van der Waals surface area contributed by atoms with E-state index in [9.17, 15) is 0 Å². The summed E-state index contributed by atoms with van der Waals surface area (Å²) in [6, 6.07) is 6.48. The standard InChI is InChI=1S/C15H24N2O/c1-15(2,16)7-3-8-17-11-12-4-5-14-13(10-12)6-9-18-14/h4-5,10,17H,3,6-9,11,16H2,1-2H3. The van der Waals surface area contributed by atoms with E-state index in [2.05, 4.69) is 37.4 Å². The summed E-state index contributed by atoms with van der Waals surface area (Å²) in [4.78, 5) is 0. The number of fused-ring (bicyclic) bond motifs is 1. The van der Waals surface area contributed by atoms with Gasteiger partial charge in [0.2, 0.25) is 0 Å². The zero-order chi connectivity index (χ0) is 13.0. The molecule has 0 bridgehead atoms. The summed E-state index contributed by atoms with van der Waals surface area (Å²) < 4.78 is 5.50. The molecule has 1 aromatic carbocycles. The molecular formula is C15H24N2O. The molecule has 0 amide bonds. The van der Waals surface area contributed by atoms with Gasteiger partial charge in [0.1, 0.15) is 5.75 Å². The molecule has 3 N–H and O–H groups in total. The number of nitrogens with one attached hydrogen (secondary N) is 1. The zero-order valence-corrected chi connectivity index (χ0v) is 11.5. The average molecular weight is 248 g/mol. The van der Waals surface area contributed by atoms with Crippen LogP contribution in [0.25, 0.3) is 0 Å². The molecule has 1 heterocycles. The van der Waals surface area contributed by atoms with Gasteiger partial charge in [0.25, 0.3) is 0 Å². The summed E-state index contributed by atoms with van der Waals surface area (Å²) in [6.45, 7) is 6.94. The fourth-order valence-corrected chi connectivity index (χ4v) is 2.25. The Bertz CT molecular complexity index is 396. The van der Waals surface area contributed by atoms with Crippen molar-refractivity contribution in [2.75, 3.05) is 13.2 Å². The minimum atomic E-state index is -0.0490. The van der Waals surface area contributed by atoms with Crippen LogP contribution in [-0.4, -0.2) is 18.7 Å². The van der Waals surface area contributed by atoms with E-state index in [0.29, 0.717) is 0 Å². The monoisotopic (exact) mass is 248 g/mol. The van der Waals surface area contributed by atoms with E-state index in [-0.39, 0.29) is 5.54 Å². The lowest BCUT2D eigenvalue weighted by Crippen LogP contribution is -2.32. The molecule has 0 fully saturated rings. The van der Waals surface area contributed by atoms with Crippen LogP contribution in [-0.2, 0) is 13.0 Å². The zero-order valence-electron chi connectivity index (χ0n) is 11.5. The van der Waals surface area contributed by atoms with E-state index in [4.69, 9.17) is 10.5 Å². The van der Waals surface area contributed by atoms with Crippen LogP contribution < -0.4 is 15.8 Å². The van der Waals surface area contributed by atoms with Crippen LogP contribution in [0.5, 0.6) is 5.75 Å². The van der Waals surface area contributed by atoms with Crippen molar-refractivity contribution in [3.05, 3.63) is 29.3 Å². The lowest BCUT2D eigenvalue weighted by molar-refractivity contribution is 0.357. The smallest absolute Gasteiger partial charge is 0.122 e. The van der Waals surface area contributed by atoms with Crippen molar-refractivity contribution in [2.24, 2.45) is 5.73 Å². The van der Waals surface area contributed by atoms with Crippen molar-refractivity contribution in [1.29, 1.82) is 0 Å². The topological polar surface area (TPSA) is 47.3 Å². The molecule has 0 atom stereocenters. The van der Waals surface area contributed by atoms with Crippen molar-refractivity contribution in [2.45, 2.75) is 45.2 Å². The van der Waals surface area contributed by atoms with E-state index in [1.807, 2.05) is 0 Å². The number of hydrogen-bond acceptors (Lipinski definition) is 3. The third-order valence-corrected chi connectivity index (χ3v) is 3.26. The Morgan fingerprint density at radius 3 is 3.00 bits per heavy atom. The molecule has 1 aromatic rings. The second kappa shape index (κ2) is 5.72. The van der Waals surface area contributed by atoms with E-state index < -0.39 is 0 Å². The van der Waals surface area contributed by atoms with Crippen LogP contribution in [0.2, 0.25) is 0 Å². The molecule has 0 saturated heterocycles. The van der Waals surface area contributed by atoms with Crippen molar-refractivity contribution >= 4 is 0 Å². The number of ether oxygens (including phenoxy) is 1. The van der Waals surface area contributed by atoms with Gasteiger partial charge in [0, 0.05) is 18.5 Å². The lowest BCUT2D eigenvalue weighted by Gasteiger charge is -2.18. The van der Waals surface area contributed by atoms with E-state index >= 15 is 0 Å². The molecule has 2 rings (SSSR count). The second-order valence-corrected chi connectivity index (χ2v) is 5.81. The van der Waals surface area contributed by atoms with Crippen LogP contribution in [0.15, 0.2) is 18.2 Å². The van der Waals surface area contributed by atoms with Crippen molar-refractivity contribution in [3.63, 3.8) is 0 Å². The van der Waals surface area contributed by atoms with Gasteiger partial charge in [0.05, 0.1) is 6.61 Å². The van der Waals surface area contributed by atoms with Crippen LogP contribution in [0.1, 0.15) is 37.8 Å². The highest BCUT2D eigenvalue weighted by molar-refractivity contribution is 5.39. The number of hydrogen-bond donors (Lipinski definition) is 2. The van der Waals surface area contributed by atoms with Gasteiger partial charge in [-0.25, -0.2) is 0 Å². The van der Waals surface area contributed by atoms with Crippen molar-refractivity contribution in [3.8, 4) is 5.75 Å². The predicted molar refractivity (Wildman–Crippen MR) is 74.8 cm³/mol. The van der Waals surface area contributed by atoms with Crippen LogP contribution in [0, 0.1) is 0 Å². The van der Waals surface area contributed by atoms with Crippen LogP contribution >= 0.6 is 0 Å². The molecule has 18 heavy (non-hydrogen) atoms. The first-order valence-electron chi connectivity index (χ1n) is 6.79. The van der Waals surface area contributed by atoms with Gasteiger partial charge in [0.15, 0.2) is 0 Å². The summed E-state index contributed by atoms with van der Waals surface area (Å²) in [7, 11) is 0. The second-order valence-electron chi connectivity index (χ2n) is 5.81. The van der Waals surface area contributed by atoms with Crippen molar-refractivity contribution in [1.82, 2.24) is 5.32 Å². The SMILES string of the molecule is CC(C)(N)CCCNCc1ccc2c(c1)CCO2. The maximum atomic E-state index is 5.95. The Labute approximate surface area is 110 Å². The molecule has 1 aliphatic heterocycles. The highest BCUT2D eigenvalue weighted by Gasteiger charge is 2.12. The number of nitrogens with two attached hydrogens (primary N) is 1. The highest BCUT2D eigenvalue weighted by atomic mass is 16.5. The highest BCUT2D eigenvalue weighted by Crippen LogP contribution is 2.25. The Morgan fingerprint density at radius 2 is 2.22 bits per heavy atom. The fourth-order valence-electron chi connectivity index (χ4n) is 2.25. The maximum absolute atomic E-state index is 5.95. The normalized spacial score (nSPS) is 14.4. The van der Waals surface area contributed by atoms with Gasteiger partial charge in [-0.15, -0.1) is 0 Å². The Balaban J connectivity index is 1.71. The fraction of sp³-hybridized carbons (Fsp3) is 0.600. The third kappa shape index (κ3) is 4.00. The maximum Gasteiger partial charge on any atom is 0.122 e. The molecule has 0 radical (unpaired) electrons. The molecular weight excluding hydrogens is 224 g/mol. The molecule has 3 nitrogen and oxygen atoms in total. The average Bonchev–Trinajstić information content (AvgIpc) is 2.74. The van der Waals surface area contributed by atoms with E-state index in [1.165, 1.54) is 11.1 Å². The third-order valence-electron chi connectivity index (χ3n) is 3.26. The first-order valence-corrected chi connectivity index (χ1v) is 6.79. The van der Waals surface area contributed by atoms with Gasteiger partial charge in [-0.05, 0) is 50.4 Å². The van der Waals surface area contributed by atoms with Gasteiger partial charge in [-0.3, -0.25) is 0 Å². The molecule has 0 aliphatic carbocycles. The van der Waals surface area contributed by atoms with Crippen LogP contribution in [0.3, 0.4) is 0 Å². The summed E-state index contributed by atoms with van der Waals surface area (Å²) >= 11 is 0. The van der Waals surface area contributed by atoms with Gasteiger partial charge in [-0.2, -0.15) is 0 Å². The molecule has 0 unspecified atom stereocenters. The summed E-state index contributed by atoms with van der Waals surface area (Å²) in [5.74, 6) is 1.06. The molecule has 0 saturated carbocycles. The van der Waals surface area contributed by atoms with E-state index in [1.54, 1.807) is 0 Å². The largest absolute Gasteiger partial charge is 0.493 e. The number of benzene rings is 1. The first kappa shape index (κ1) is 13.4. The van der Waals surface area contributed by atoms with Gasteiger partial charge < -0.3 is 15.8 Å². The Morgan fingerprint density at radius 1 is 1.39 bits per heavy atom. The van der Waals surface area contributed by atoms with Gasteiger partial charge in [-0.1, -0.05) is 12.1 Å².